The molecule has 0 aromatic carbocycles. The van der Waals surface area contributed by atoms with E-state index in [1.54, 1.807) is 0 Å². The first-order valence-electron chi connectivity index (χ1n) is 22.1. The number of carbonyl (C=O) groups is 2. The summed E-state index contributed by atoms with van der Waals surface area (Å²) in [6, 6.07) is 0. The molecule has 0 spiro atoms. The molecule has 1 atom stereocenters. The Bertz CT molecular complexity index is 1030. The summed E-state index contributed by atoms with van der Waals surface area (Å²) in [5.41, 5.74) is 0. The molecule has 1 unspecified atom stereocenters. The Hall–Kier alpha value is -2.92. The van der Waals surface area contributed by atoms with Crippen LogP contribution in [-0.2, 0) is 23.8 Å². The van der Waals surface area contributed by atoms with E-state index in [2.05, 4.69) is 106 Å². The summed E-state index contributed by atoms with van der Waals surface area (Å²) in [6.07, 6.45) is 57.4. The second-order valence-electron chi connectivity index (χ2n) is 14.2. The third kappa shape index (κ3) is 41.8. The van der Waals surface area contributed by atoms with Crippen molar-refractivity contribution in [1.29, 1.82) is 0 Å². The van der Waals surface area contributed by atoms with Gasteiger partial charge in [-0.25, -0.2) is 0 Å². The Balaban J connectivity index is 4.26. The van der Waals surface area contributed by atoms with Crippen LogP contribution >= 0.6 is 0 Å². The molecule has 0 N–H and O–H groups in total. The summed E-state index contributed by atoms with van der Waals surface area (Å²) in [6.45, 7) is 7.40. The lowest BCUT2D eigenvalue weighted by Crippen LogP contribution is -2.30. The normalized spacial score (nSPS) is 13.0. The van der Waals surface area contributed by atoms with Crippen molar-refractivity contribution in [3.63, 3.8) is 0 Å². The fraction of sp³-hybridized carbons (Fsp3) is 0.673. The second kappa shape index (κ2) is 44.5. The Morgan fingerprint density at radius 3 is 1.33 bits per heavy atom. The molecule has 0 rings (SSSR count). The molecule has 0 saturated heterocycles. The SMILES string of the molecule is CC/C=C\C/C=C\C/C=C\C/C=C\CCCOCC(COC(=O)CCCCCCCCC/C=C\C/C=C\C/C=C\CC)OC(=O)CCCCCCCCC. The first kappa shape index (κ1) is 51.1. The smallest absolute Gasteiger partial charge is 0.306 e. The van der Waals surface area contributed by atoms with Gasteiger partial charge in [0, 0.05) is 19.4 Å². The average Bonchev–Trinajstić information content (AvgIpc) is 3.17. The van der Waals surface area contributed by atoms with E-state index in [0.717, 1.165) is 103 Å². The predicted octanol–water partition coefficient (Wildman–Crippen LogP) is 14.6. The van der Waals surface area contributed by atoms with Crippen LogP contribution in [0.15, 0.2) is 85.1 Å². The van der Waals surface area contributed by atoms with Gasteiger partial charge in [0.15, 0.2) is 6.10 Å². The van der Waals surface area contributed by atoms with Crippen molar-refractivity contribution in [2.75, 3.05) is 19.8 Å². The summed E-state index contributed by atoms with van der Waals surface area (Å²) < 4.78 is 17.2. The van der Waals surface area contributed by atoms with Crippen molar-refractivity contribution in [2.24, 2.45) is 0 Å². The highest BCUT2D eigenvalue weighted by atomic mass is 16.6. The van der Waals surface area contributed by atoms with E-state index in [4.69, 9.17) is 14.2 Å². The molecule has 0 saturated carbocycles. The van der Waals surface area contributed by atoms with Crippen LogP contribution in [0.2, 0.25) is 0 Å². The topological polar surface area (TPSA) is 61.8 Å². The molecule has 0 aliphatic rings. The summed E-state index contributed by atoms with van der Waals surface area (Å²) in [7, 11) is 0. The average molecular weight is 751 g/mol. The largest absolute Gasteiger partial charge is 0.462 e. The van der Waals surface area contributed by atoms with E-state index in [0.29, 0.717) is 19.4 Å². The van der Waals surface area contributed by atoms with Gasteiger partial charge in [0.1, 0.15) is 6.61 Å². The maximum Gasteiger partial charge on any atom is 0.306 e. The lowest BCUT2D eigenvalue weighted by molar-refractivity contribution is -0.163. The number of hydrogen-bond donors (Lipinski definition) is 0. The maximum atomic E-state index is 12.6. The van der Waals surface area contributed by atoms with Gasteiger partial charge in [0.2, 0.25) is 0 Å². The van der Waals surface area contributed by atoms with Crippen LogP contribution in [0.25, 0.3) is 0 Å². The van der Waals surface area contributed by atoms with Gasteiger partial charge in [0.25, 0.3) is 0 Å². The molecule has 0 aliphatic carbocycles. The van der Waals surface area contributed by atoms with Gasteiger partial charge >= 0.3 is 11.9 Å². The van der Waals surface area contributed by atoms with Gasteiger partial charge in [-0.2, -0.15) is 0 Å². The van der Waals surface area contributed by atoms with Crippen LogP contribution in [-0.4, -0.2) is 37.9 Å². The minimum absolute atomic E-state index is 0.0551. The molecule has 308 valence electrons. The van der Waals surface area contributed by atoms with E-state index in [9.17, 15) is 9.59 Å². The Morgan fingerprint density at radius 2 is 0.833 bits per heavy atom. The highest BCUT2D eigenvalue weighted by Crippen LogP contribution is 2.12. The van der Waals surface area contributed by atoms with Gasteiger partial charge in [0.05, 0.1) is 6.61 Å². The lowest BCUT2D eigenvalue weighted by atomic mass is 10.1. The van der Waals surface area contributed by atoms with E-state index in [1.165, 1.54) is 51.4 Å². The molecule has 0 radical (unpaired) electrons. The standard InChI is InChI=1S/C49H82O5/c1-4-7-10-13-16-18-20-22-24-25-26-27-29-31-34-36-39-42-48(50)53-46-47(54-49(51)43-40-37-33-15-12-9-6-3)45-52-44-41-38-35-32-30-28-23-21-19-17-14-11-8-5-2/h7-8,10-11,16-19,22-24,28,32,35,47H,4-6,9,12-15,20-21,25-27,29-31,33-34,36-46H2,1-3H3/b10-7-,11-8-,18-16-,19-17-,24-22-,28-23-,35-32-. The maximum absolute atomic E-state index is 12.6. The van der Waals surface area contributed by atoms with Gasteiger partial charge in [-0.1, -0.05) is 176 Å². The van der Waals surface area contributed by atoms with Gasteiger partial charge in [-0.3, -0.25) is 9.59 Å². The zero-order valence-electron chi connectivity index (χ0n) is 35.2. The van der Waals surface area contributed by atoms with E-state index in [1.807, 2.05) is 0 Å². The van der Waals surface area contributed by atoms with Crippen LogP contribution in [0.3, 0.4) is 0 Å². The first-order valence-corrected chi connectivity index (χ1v) is 22.1. The van der Waals surface area contributed by atoms with E-state index < -0.39 is 6.10 Å². The van der Waals surface area contributed by atoms with Crippen molar-refractivity contribution >= 4 is 11.9 Å². The number of allylic oxidation sites excluding steroid dienone is 14. The van der Waals surface area contributed by atoms with Gasteiger partial charge in [-0.15, -0.1) is 0 Å². The minimum atomic E-state index is -0.567. The molecule has 0 heterocycles. The lowest BCUT2D eigenvalue weighted by Gasteiger charge is -2.18. The van der Waals surface area contributed by atoms with Crippen molar-refractivity contribution in [2.45, 2.75) is 194 Å². The number of rotatable bonds is 39. The Labute approximate surface area is 333 Å². The molecule has 5 heteroatoms. The molecule has 0 aromatic rings. The number of carbonyl (C=O) groups excluding carboxylic acids is 2. The first-order chi connectivity index (χ1) is 26.6. The fourth-order valence-electron chi connectivity index (χ4n) is 5.70. The van der Waals surface area contributed by atoms with Crippen LogP contribution in [0, 0.1) is 0 Å². The molecule has 54 heavy (non-hydrogen) atoms. The van der Waals surface area contributed by atoms with Crippen LogP contribution in [0.4, 0.5) is 0 Å². The summed E-state index contributed by atoms with van der Waals surface area (Å²) in [5.74, 6) is -0.450. The molecule has 0 bridgehead atoms. The minimum Gasteiger partial charge on any atom is -0.462 e. The summed E-state index contributed by atoms with van der Waals surface area (Å²) in [4.78, 5) is 25.1. The van der Waals surface area contributed by atoms with E-state index in [-0.39, 0.29) is 25.2 Å². The summed E-state index contributed by atoms with van der Waals surface area (Å²) in [5, 5.41) is 0. The highest BCUT2D eigenvalue weighted by molar-refractivity contribution is 5.70. The number of unbranched alkanes of at least 4 members (excludes halogenated alkanes) is 14. The van der Waals surface area contributed by atoms with Crippen molar-refractivity contribution in [3.8, 4) is 0 Å². The molecule has 0 amide bonds. The highest BCUT2D eigenvalue weighted by Gasteiger charge is 2.17. The van der Waals surface area contributed by atoms with Gasteiger partial charge < -0.3 is 14.2 Å². The predicted molar refractivity (Wildman–Crippen MR) is 233 cm³/mol. The molecule has 5 nitrogen and oxygen atoms in total. The van der Waals surface area contributed by atoms with Crippen molar-refractivity contribution in [1.82, 2.24) is 0 Å². The van der Waals surface area contributed by atoms with Crippen LogP contribution in [0.1, 0.15) is 188 Å². The van der Waals surface area contributed by atoms with Crippen LogP contribution < -0.4 is 0 Å². The zero-order valence-corrected chi connectivity index (χ0v) is 35.2. The number of ether oxygens (including phenoxy) is 3. The Kier molecular flexibility index (Phi) is 42.1. The fourth-order valence-corrected chi connectivity index (χ4v) is 5.70. The molecule has 0 fully saturated rings. The Morgan fingerprint density at radius 1 is 0.426 bits per heavy atom. The van der Waals surface area contributed by atoms with Crippen molar-refractivity contribution in [3.05, 3.63) is 85.1 Å². The molecule has 0 aliphatic heterocycles. The quantitative estimate of drug-likeness (QED) is 0.0356. The summed E-state index contributed by atoms with van der Waals surface area (Å²) >= 11 is 0. The molecule has 0 aromatic heterocycles. The second-order valence-corrected chi connectivity index (χ2v) is 14.2. The number of esters is 2. The third-order valence-electron chi connectivity index (χ3n) is 8.93. The third-order valence-corrected chi connectivity index (χ3v) is 8.93. The number of hydrogen-bond acceptors (Lipinski definition) is 5. The van der Waals surface area contributed by atoms with Crippen LogP contribution in [0.5, 0.6) is 0 Å². The van der Waals surface area contributed by atoms with E-state index >= 15 is 0 Å². The van der Waals surface area contributed by atoms with Crippen molar-refractivity contribution < 1.29 is 23.8 Å². The van der Waals surface area contributed by atoms with Gasteiger partial charge in [-0.05, 0) is 83.5 Å². The zero-order chi connectivity index (χ0) is 39.3. The molecular formula is C49H82O5. The molecular weight excluding hydrogens is 669 g/mol. The monoisotopic (exact) mass is 751 g/mol.